The van der Waals surface area contributed by atoms with Crippen LogP contribution in [0.1, 0.15) is 5.69 Å². The van der Waals surface area contributed by atoms with E-state index < -0.39 is 5.97 Å². The van der Waals surface area contributed by atoms with Gasteiger partial charge in [-0.2, -0.15) is 0 Å². The summed E-state index contributed by atoms with van der Waals surface area (Å²) in [6, 6.07) is 16.4. The molecule has 3 rings (SSSR count). The Kier molecular flexibility index (Phi) is 4.71. The van der Waals surface area contributed by atoms with E-state index in [1.54, 1.807) is 35.1 Å². The highest BCUT2D eigenvalue weighted by molar-refractivity contribution is 5.68. The molecule has 3 aromatic rings. The number of rotatable bonds is 7. The van der Waals surface area contributed by atoms with Crippen LogP contribution in [0.5, 0.6) is 11.5 Å². The minimum absolute atomic E-state index is 0.280. The lowest BCUT2D eigenvalue weighted by atomic mass is 10.3. The van der Waals surface area contributed by atoms with Crippen molar-refractivity contribution in [2.75, 3.05) is 6.61 Å². The Morgan fingerprint density at radius 3 is 2.33 bits per heavy atom. The Hall–Kier alpha value is -3.35. The molecule has 0 saturated heterocycles. The molecular formula is C17H15N3O4. The van der Waals surface area contributed by atoms with Gasteiger partial charge in [0.25, 0.3) is 0 Å². The molecule has 7 nitrogen and oxygen atoms in total. The van der Waals surface area contributed by atoms with E-state index in [0.29, 0.717) is 17.2 Å². The highest BCUT2D eigenvalue weighted by Gasteiger charge is 2.04. The molecule has 0 radical (unpaired) electrons. The van der Waals surface area contributed by atoms with E-state index in [9.17, 15) is 4.79 Å². The summed E-state index contributed by atoms with van der Waals surface area (Å²) in [4.78, 5) is 10.4. The topological polar surface area (TPSA) is 86.5 Å². The summed E-state index contributed by atoms with van der Waals surface area (Å²) < 4.78 is 12.4. The third-order valence-electron chi connectivity index (χ3n) is 3.13. The first-order chi connectivity index (χ1) is 11.7. The molecule has 122 valence electrons. The number of carbonyl (C=O) groups is 1. The van der Waals surface area contributed by atoms with Crippen LogP contribution < -0.4 is 9.47 Å². The summed E-state index contributed by atoms with van der Waals surface area (Å²) in [6.07, 6.45) is 1.81. The zero-order chi connectivity index (χ0) is 16.8. The Morgan fingerprint density at radius 1 is 1.00 bits per heavy atom. The third-order valence-corrected chi connectivity index (χ3v) is 3.13. The molecule has 0 amide bonds. The van der Waals surface area contributed by atoms with Crippen LogP contribution in [-0.4, -0.2) is 32.7 Å². The molecule has 0 aliphatic rings. The number of carboxylic acid groups (broad SMARTS) is 1. The summed E-state index contributed by atoms with van der Waals surface area (Å²) in [5, 5.41) is 16.7. The summed E-state index contributed by atoms with van der Waals surface area (Å²) in [5.74, 6) is 0.0866. The Morgan fingerprint density at radius 2 is 1.67 bits per heavy atom. The molecule has 0 aliphatic carbocycles. The van der Waals surface area contributed by atoms with Crippen LogP contribution in [0.25, 0.3) is 5.69 Å². The summed E-state index contributed by atoms with van der Waals surface area (Å²) >= 11 is 0. The fourth-order valence-electron chi connectivity index (χ4n) is 2.01. The highest BCUT2D eigenvalue weighted by atomic mass is 16.5. The van der Waals surface area contributed by atoms with Crippen molar-refractivity contribution in [3.05, 3.63) is 66.5 Å². The molecule has 0 unspecified atom stereocenters. The number of ether oxygens (including phenoxy) is 2. The van der Waals surface area contributed by atoms with Crippen LogP contribution in [0.15, 0.2) is 60.8 Å². The lowest BCUT2D eigenvalue weighted by molar-refractivity contribution is -0.139. The monoisotopic (exact) mass is 325 g/mol. The van der Waals surface area contributed by atoms with Gasteiger partial charge in [-0.3, -0.25) is 0 Å². The van der Waals surface area contributed by atoms with Crippen LogP contribution >= 0.6 is 0 Å². The molecule has 0 saturated carbocycles. The number of carboxylic acids is 1. The average Bonchev–Trinajstić information content (AvgIpc) is 3.09. The van der Waals surface area contributed by atoms with Gasteiger partial charge < -0.3 is 14.6 Å². The molecule has 0 spiro atoms. The molecule has 1 aromatic heterocycles. The number of hydrogen-bond acceptors (Lipinski definition) is 5. The molecule has 0 aliphatic heterocycles. The van der Waals surface area contributed by atoms with Gasteiger partial charge in [0.15, 0.2) is 6.61 Å². The van der Waals surface area contributed by atoms with Crippen molar-refractivity contribution in [3.63, 3.8) is 0 Å². The number of aromatic nitrogens is 3. The standard InChI is InChI=1S/C17H15N3O4/c21-17(22)12-24-16-8-6-15(7-9-16)23-11-13-10-20(19-18-13)14-4-2-1-3-5-14/h1-10H,11-12H2,(H,21,22). The second kappa shape index (κ2) is 7.28. The highest BCUT2D eigenvalue weighted by Crippen LogP contribution is 2.18. The smallest absolute Gasteiger partial charge is 0.341 e. The number of para-hydroxylation sites is 1. The Bertz CT molecular complexity index is 800. The number of aliphatic carboxylic acids is 1. The maximum atomic E-state index is 10.4. The van der Waals surface area contributed by atoms with Crippen molar-refractivity contribution < 1.29 is 19.4 Å². The van der Waals surface area contributed by atoms with Gasteiger partial charge in [0, 0.05) is 0 Å². The van der Waals surface area contributed by atoms with Crippen molar-refractivity contribution in [1.82, 2.24) is 15.0 Å². The number of nitrogens with zero attached hydrogens (tertiary/aromatic N) is 3. The second-order valence-electron chi connectivity index (χ2n) is 4.93. The maximum absolute atomic E-state index is 10.4. The van der Waals surface area contributed by atoms with E-state index in [4.69, 9.17) is 14.6 Å². The predicted octanol–water partition coefficient (Wildman–Crippen LogP) is 2.31. The quantitative estimate of drug-likeness (QED) is 0.717. The van der Waals surface area contributed by atoms with Gasteiger partial charge >= 0.3 is 5.97 Å². The van der Waals surface area contributed by atoms with Crippen molar-refractivity contribution in [3.8, 4) is 17.2 Å². The van der Waals surface area contributed by atoms with Crippen LogP contribution in [0, 0.1) is 0 Å². The van der Waals surface area contributed by atoms with Gasteiger partial charge in [0.1, 0.15) is 23.8 Å². The Balaban J connectivity index is 1.56. The van der Waals surface area contributed by atoms with Crippen LogP contribution in [0.2, 0.25) is 0 Å². The van der Waals surface area contributed by atoms with E-state index in [1.807, 2.05) is 30.3 Å². The van der Waals surface area contributed by atoms with Crippen molar-refractivity contribution in [2.45, 2.75) is 6.61 Å². The van der Waals surface area contributed by atoms with Crippen LogP contribution in [0.3, 0.4) is 0 Å². The second-order valence-corrected chi connectivity index (χ2v) is 4.93. The molecule has 24 heavy (non-hydrogen) atoms. The third kappa shape index (κ3) is 4.10. The molecule has 7 heteroatoms. The minimum atomic E-state index is -1.02. The van der Waals surface area contributed by atoms with E-state index in [0.717, 1.165) is 5.69 Å². The minimum Gasteiger partial charge on any atom is -0.487 e. The van der Waals surface area contributed by atoms with Crippen molar-refractivity contribution >= 4 is 5.97 Å². The average molecular weight is 325 g/mol. The fourth-order valence-corrected chi connectivity index (χ4v) is 2.01. The first-order valence-corrected chi connectivity index (χ1v) is 7.25. The van der Waals surface area contributed by atoms with E-state index in [1.165, 1.54) is 0 Å². The first-order valence-electron chi connectivity index (χ1n) is 7.25. The van der Waals surface area contributed by atoms with Gasteiger partial charge in [0.2, 0.25) is 0 Å². The predicted molar refractivity (Wildman–Crippen MR) is 85.3 cm³/mol. The number of hydrogen-bond donors (Lipinski definition) is 1. The molecule has 0 bridgehead atoms. The summed E-state index contributed by atoms with van der Waals surface area (Å²) in [5.41, 5.74) is 1.63. The number of benzene rings is 2. The first kappa shape index (κ1) is 15.5. The van der Waals surface area contributed by atoms with Gasteiger partial charge in [-0.05, 0) is 36.4 Å². The lowest BCUT2D eigenvalue weighted by Gasteiger charge is -2.06. The van der Waals surface area contributed by atoms with Crippen molar-refractivity contribution in [1.29, 1.82) is 0 Å². The summed E-state index contributed by atoms with van der Waals surface area (Å²) in [7, 11) is 0. The SMILES string of the molecule is O=C(O)COc1ccc(OCc2cn(-c3ccccc3)nn2)cc1. The molecule has 1 heterocycles. The van der Waals surface area contributed by atoms with Gasteiger partial charge in [-0.15, -0.1) is 5.10 Å². The molecule has 2 aromatic carbocycles. The van der Waals surface area contributed by atoms with Crippen LogP contribution in [0.4, 0.5) is 0 Å². The molecular weight excluding hydrogens is 310 g/mol. The van der Waals surface area contributed by atoms with Crippen molar-refractivity contribution in [2.24, 2.45) is 0 Å². The van der Waals surface area contributed by atoms with Gasteiger partial charge in [-0.25, -0.2) is 9.48 Å². The zero-order valence-electron chi connectivity index (χ0n) is 12.7. The Labute approximate surface area is 138 Å². The molecule has 0 fully saturated rings. The fraction of sp³-hybridized carbons (Fsp3) is 0.118. The van der Waals surface area contributed by atoms with E-state index in [2.05, 4.69) is 10.3 Å². The van der Waals surface area contributed by atoms with E-state index in [-0.39, 0.29) is 13.2 Å². The van der Waals surface area contributed by atoms with Gasteiger partial charge in [0.05, 0.1) is 11.9 Å². The van der Waals surface area contributed by atoms with E-state index >= 15 is 0 Å². The maximum Gasteiger partial charge on any atom is 0.341 e. The molecule has 0 atom stereocenters. The summed E-state index contributed by atoms with van der Waals surface area (Å²) in [6.45, 7) is -0.0923. The van der Waals surface area contributed by atoms with Crippen LogP contribution in [-0.2, 0) is 11.4 Å². The normalized spacial score (nSPS) is 10.3. The largest absolute Gasteiger partial charge is 0.487 e. The van der Waals surface area contributed by atoms with Gasteiger partial charge in [-0.1, -0.05) is 23.4 Å². The zero-order valence-corrected chi connectivity index (χ0v) is 12.7. The lowest BCUT2D eigenvalue weighted by Crippen LogP contribution is -2.09. The molecule has 1 N–H and O–H groups in total.